The van der Waals surface area contributed by atoms with Gasteiger partial charge in [0.15, 0.2) is 11.3 Å². The minimum absolute atomic E-state index is 0.208. The Labute approximate surface area is 156 Å². The fraction of sp³-hybridized carbons (Fsp3) is 0.0952. The number of aliphatic hydroxyl groups excluding tert-OH is 1. The van der Waals surface area contributed by atoms with Crippen molar-refractivity contribution in [2.75, 3.05) is 5.32 Å². The lowest BCUT2D eigenvalue weighted by Gasteiger charge is -2.07. The molecule has 0 aliphatic carbocycles. The van der Waals surface area contributed by atoms with Crippen LogP contribution in [0.5, 0.6) is 0 Å². The van der Waals surface area contributed by atoms with Gasteiger partial charge in [-0.1, -0.05) is 47.6 Å². The average molecular weight is 359 g/mol. The number of aromatic nitrogens is 1. The number of nitriles is 1. The first kappa shape index (κ1) is 18.0. The molecule has 0 atom stereocenters. The number of rotatable bonds is 5. The minimum Gasteiger partial charge on any atom is -0.506 e. The first-order valence-electron chi connectivity index (χ1n) is 8.27. The highest BCUT2D eigenvalue weighted by Gasteiger charge is 2.19. The number of aliphatic hydroxyl groups is 1. The molecule has 3 rings (SSSR count). The number of carbonyl (C=O) groups is 1. The molecule has 0 unspecified atom stereocenters. The van der Waals surface area contributed by atoms with E-state index in [1.807, 2.05) is 30.3 Å². The molecule has 0 fully saturated rings. The van der Waals surface area contributed by atoms with E-state index in [-0.39, 0.29) is 5.56 Å². The third-order valence-corrected chi connectivity index (χ3v) is 4.04. The number of nitrogens with one attached hydrogen (secondary N) is 1. The monoisotopic (exact) mass is 359 g/mol. The van der Waals surface area contributed by atoms with Crippen LogP contribution in [0.15, 0.2) is 70.9 Å². The van der Waals surface area contributed by atoms with Gasteiger partial charge in [0, 0.05) is 5.69 Å². The van der Waals surface area contributed by atoms with Crippen LogP contribution in [0.1, 0.15) is 22.5 Å². The van der Waals surface area contributed by atoms with Gasteiger partial charge in [0.2, 0.25) is 0 Å². The van der Waals surface area contributed by atoms with E-state index >= 15 is 0 Å². The van der Waals surface area contributed by atoms with Crippen LogP contribution in [-0.2, 0) is 11.2 Å². The smallest absolute Gasteiger partial charge is 0.270 e. The zero-order valence-electron chi connectivity index (χ0n) is 14.6. The summed E-state index contributed by atoms with van der Waals surface area (Å²) < 4.78 is 4.86. The Morgan fingerprint density at radius 2 is 1.81 bits per heavy atom. The van der Waals surface area contributed by atoms with Gasteiger partial charge in [0.25, 0.3) is 5.91 Å². The molecule has 6 heteroatoms. The van der Waals surface area contributed by atoms with Crippen molar-refractivity contribution in [2.45, 2.75) is 13.3 Å². The Morgan fingerprint density at radius 1 is 1.15 bits per heavy atom. The van der Waals surface area contributed by atoms with Crippen LogP contribution in [0.4, 0.5) is 5.69 Å². The van der Waals surface area contributed by atoms with Crippen molar-refractivity contribution in [2.24, 2.45) is 0 Å². The molecule has 1 amide bonds. The van der Waals surface area contributed by atoms with E-state index in [1.165, 1.54) is 11.8 Å². The van der Waals surface area contributed by atoms with Crippen molar-refractivity contribution in [1.29, 1.82) is 5.26 Å². The normalized spacial score (nSPS) is 11.4. The molecular weight excluding hydrogens is 342 g/mol. The molecule has 0 aliphatic rings. The Hall–Kier alpha value is -3.85. The van der Waals surface area contributed by atoms with E-state index in [1.54, 1.807) is 25.1 Å². The predicted octanol–water partition coefficient (Wildman–Crippen LogP) is 4.01. The predicted molar refractivity (Wildman–Crippen MR) is 101 cm³/mol. The van der Waals surface area contributed by atoms with E-state index in [9.17, 15) is 15.2 Å². The maximum Gasteiger partial charge on any atom is 0.270 e. The van der Waals surface area contributed by atoms with Crippen LogP contribution in [0.25, 0.3) is 5.76 Å². The first-order valence-corrected chi connectivity index (χ1v) is 8.27. The van der Waals surface area contributed by atoms with Crippen LogP contribution in [0.3, 0.4) is 0 Å². The highest BCUT2D eigenvalue weighted by Crippen LogP contribution is 2.21. The average Bonchev–Trinajstić information content (AvgIpc) is 3.10. The maximum atomic E-state index is 12.4. The number of carbonyl (C=O) groups excluding carboxylic acids is 1. The van der Waals surface area contributed by atoms with Gasteiger partial charge in [-0.15, -0.1) is 0 Å². The van der Waals surface area contributed by atoms with Crippen molar-refractivity contribution >= 4 is 17.4 Å². The van der Waals surface area contributed by atoms with Crippen LogP contribution in [0.2, 0.25) is 0 Å². The Bertz CT molecular complexity index is 1010. The van der Waals surface area contributed by atoms with E-state index in [2.05, 4.69) is 22.6 Å². The molecular formula is C21H17N3O3. The van der Waals surface area contributed by atoms with Gasteiger partial charge in [-0.3, -0.25) is 4.79 Å². The van der Waals surface area contributed by atoms with Gasteiger partial charge < -0.3 is 14.9 Å². The van der Waals surface area contributed by atoms with Crippen LogP contribution < -0.4 is 5.32 Å². The maximum absolute atomic E-state index is 12.4. The van der Waals surface area contributed by atoms with Crippen LogP contribution in [-0.4, -0.2) is 16.2 Å². The van der Waals surface area contributed by atoms with E-state index in [0.29, 0.717) is 11.4 Å². The van der Waals surface area contributed by atoms with Gasteiger partial charge in [-0.2, -0.15) is 5.26 Å². The molecule has 0 saturated heterocycles. The largest absolute Gasteiger partial charge is 0.506 e. The molecule has 3 aromatic rings. The molecule has 6 nitrogen and oxygen atoms in total. The third-order valence-electron chi connectivity index (χ3n) is 4.04. The molecule has 0 spiro atoms. The van der Waals surface area contributed by atoms with Crippen molar-refractivity contribution < 1.29 is 14.4 Å². The minimum atomic E-state index is -0.702. The summed E-state index contributed by atoms with van der Waals surface area (Å²) in [6, 6.07) is 19.1. The van der Waals surface area contributed by atoms with Crippen LogP contribution in [0, 0.1) is 18.3 Å². The molecule has 2 aromatic carbocycles. The number of amides is 1. The summed E-state index contributed by atoms with van der Waals surface area (Å²) in [4.78, 5) is 12.4. The summed E-state index contributed by atoms with van der Waals surface area (Å²) in [5.74, 6) is -0.848. The van der Waals surface area contributed by atoms with Gasteiger partial charge in [0.05, 0.1) is 11.8 Å². The lowest BCUT2D eigenvalue weighted by molar-refractivity contribution is -0.112. The van der Waals surface area contributed by atoms with E-state index in [4.69, 9.17) is 4.52 Å². The first-order chi connectivity index (χ1) is 13.1. The zero-order valence-corrected chi connectivity index (χ0v) is 14.6. The summed E-state index contributed by atoms with van der Waals surface area (Å²) in [6.07, 6.45) is 2.04. The molecule has 0 radical (unpaired) electrons. The van der Waals surface area contributed by atoms with Gasteiger partial charge in [-0.05, 0) is 36.6 Å². The van der Waals surface area contributed by atoms with E-state index < -0.39 is 17.2 Å². The third kappa shape index (κ3) is 4.22. The SMILES string of the molecule is Cc1oncc1C(O)=C(C#N)C(=O)Nc1ccc(Cc2ccccc2)cc1. The molecule has 2 N–H and O–H groups in total. The number of hydrogen-bond acceptors (Lipinski definition) is 5. The lowest BCUT2D eigenvalue weighted by atomic mass is 10.0. The Balaban J connectivity index is 1.73. The quantitative estimate of drug-likeness (QED) is 0.407. The second-order valence-electron chi connectivity index (χ2n) is 5.94. The Morgan fingerprint density at radius 3 is 2.41 bits per heavy atom. The van der Waals surface area contributed by atoms with E-state index in [0.717, 1.165) is 12.0 Å². The van der Waals surface area contributed by atoms with Crippen molar-refractivity contribution in [3.8, 4) is 6.07 Å². The molecule has 1 aromatic heterocycles. The van der Waals surface area contributed by atoms with Crippen molar-refractivity contribution in [1.82, 2.24) is 5.16 Å². The molecule has 0 bridgehead atoms. The van der Waals surface area contributed by atoms with Crippen LogP contribution >= 0.6 is 0 Å². The highest BCUT2D eigenvalue weighted by atomic mass is 16.5. The van der Waals surface area contributed by atoms with Gasteiger partial charge >= 0.3 is 0 Å². The second kappa shape index (κ2) is 8.02. The molecule has 0 aliphatic heterocycles. The summed E-state index contributed by atoms with van der Waals surface area (Å²) in [6.45, 7) is 1.58. The second-order valence-corrected chi connectivity index (χ2v) is 5.94. The summed E-state index contributed by atoms with van der Waals surface area (Å²) in [5, 5.41) is 25.6. The fourth-order valence-electron chi connectivity index (χ4n) is 2.60. The summed E-state index contributed by atoms with van der Waals surface area (Å²) in [7, 11) is 0. The highest BCUT2D eigenvalue weighted by molar-refractivity contribution is 6.11. The Kier molecular flexibility index (Phi) is 5.33. The van der Waals surface area contributed by atoms with Gasteiger partial charge in [-0.25, -0.2) is 0 Å². The zero-order chi connectivity index (χ0) is 19.2. The number of benzene rings is 2. The van der Waals surface area contributed by atoms with Crippen molar-refractivity contribution in [3.05, 3.63) is 88.8 Å². The summed E-state index contributed by atoms with van der Waals surface area (Å²) in [5.41, 5.74) is 2.62. The molecule has 27 heavy (non-hydrogen) atoms. The lowest BCUT2D eigenvalue weighted by Crippen LogP contribution is -2.15. The fourth-order valence-corrected chi connectivity index (χ4v) is 2.60. The molecule has 0 saturated carbocycles. The number of hydrogen-bond donors (Lipinski definition) is 2. The molecule has 1 heterocycles. The number of aryl methyl sites for hydroxylation is 1. The number of anilines is 1. The number of nitrogens with zero attached hydrogens (tertiary/aromatic N) is 2. The van der Waals surface area contributed by atoms with Crippen molar-refractivity contribution in [3.63, 3.8) is 0 Å². The standard InChI is InChI=1S/C21H17N3O3/c1-14-19(13-23-27-14)20(25)18(12-22)21(26)24-17-9-7-16(8-10-17)11-15-5-3-2-4-6-15/h2-10,13,25H,11H2,1H3,(H,24,26). The van der Waals surface area contributed by atoms with Gasteiger partial charge in [0.1, 0.15) is 11.8 Å². The topological polar surface area (TPSA) is 99.2 Å². The molecule has 134 valence electrons. The summed E-state index contributed by atoms with van der Waals surface area (Å²) >= 11 is 0.